The van der Waals surface area contributed by atoms with Crippen LogP contribution in [0.4, 0.5) is 0 Å². The van der Waals surface area contributed by atoms with Gasteiger partial charge in [0.15, 0.2) is 0 Å². The summed E-state index contributed by atoms with van der Waals surface area (Å²) < 4.78 is 27.0. The number of fused-ring (bicyclic) bond motifs is 1. The third-order valence-electron chi connectivity index (χ3n) is 3.78. The van der Waals surface area contributed by atoms with Gasteiger partial charge < -0.3 is 10.1 Å². The lowest BCUT2D eigenvalue weighted by molar-refractivity contribution is -0.140. The smallest absolute Gasteiger partial charge is 0.326 e. The van der Waals surface area contributed by atoms with Gasteiger partial charge in [-0.3, -0.25) is 14.6 Å². The summed E-state index contributed by atoms with van der Waals surface area (Å²) in [5, 5.41) is 9.19. The summed E-state index contributed by atoms with van der Waals surface area (Å²) in [5.74, 6) is -1.70. The summed E-state index contributed by atoms with van der Waals surface area (Å²) in [4.78, 5) is 38.4. The number of aliphatic carboxylic acids is 1. The second-order valence-corrected chi connectivity index (χ2v) is 7.15. The predicted octanol–water partition coefficient (Wildman–Crippen LogP) is -0.00600. The van der Waals surface area contributed by atoms with Gasteiger partial charge in [0.1, 0.15) is 6.04 Å². The number of hydrogen-bond donors (Lipinski definition) is 4. The zero-order valence-corrected chi connectivity index (χ0v) is 13.8. The van der Waals surface area contributed by atoms with Gasteiger partial charge in [-0.25, -0.2) is 13.2 Å². The van der Waals surface area contributed by atoms with Crippen LogP contribution in [0.2, 0.25) is 0 Å². The molecule has 1 aromatic carbocycles. The molecule has 0 radical (unpaired) electrons. The first-order valence-electron chi connectivity index (χ1n) is 7.17. The van der Waals surface area contributed by atoms with Gasteiger partial charge in [0, 0.05) is 0 Å². The number of sulfonamides is 1. The highest BCUT2D eigenvalue weighted by Crippen LogP contribution is 2.17. The van der Waals surface area contributed by atoms with Crippen LogP contribution in [0, 0.1) is 5.92 Å². The Morgan fingerprint density at radius 1 is 1.29 bits per heavy atom. The minimum Gasteiger partial charge on any atom is -0.480 e. The van der Waals surface area contributed by atoms with E-state index in [0.29, 0.717) is 6.42 Å². The highest BCUT2D eigenvalue weighted by molar-refractivity contribution is 7.89. The van der Waals surface area contributed by atoms with Crippen LogP contribution in [0.5, 0.6) is 0 Å². The SMILES string of the molecule is CC[C@H](C)[C@H](NS(=O)(=O)c1ccc2[nH]c(=O)[nH]c(=O)c2c1)C(=O)O. The van der Waals surface area contributed by atoms with Crippen LogP contribution in [0.3, 0.4) is 0 Å². The summed E-state index contributed by atoms with van der Waals surface area (Å²) in [6, 6.07) is 2.27. The lowest BCUT2D eigenvalue weighted by atomic mass is 10.0. The summed E-state index contributed by atoms with van der Waals surface area (Å²) in [6.45, 7) is 3.37. The molecule has 2 aromatic rings. The van der Waals surface area contributed by atoms with E-state index >= 15 is 0 Å². The largest absolute Gasteiger partial charge is 0.480 e. The number of carboxylic acid groups (broad SMARTS) is 1. The molecule has 4 N–H and O–H groups in total. The Balaban J connectivity index is 2.49. The fraction of sp³-hybridized carbons (Fsp3) is 0.357. The first kappa shape index (κ1) is 17.9. The number of aromatic nitrogens is 2. The van der Waals surface area contributed by atoms with E-state index in [-0.39, 0.29) is 15.8 Å². The van der Waals surface area contributed by atoms with Crippen molar-refractivity contribution in [1.29, 1.82) is 0 Å². The van der Waals surface area contributed by atoms with Crippen molar-refractivity contribution in [3.63, 3.8) is 0 Å². The summed E-state index contributed by atoms with van der Waals surface area (Å²) in [6.07, 6.45) is 0.470. The molecule has 0 saturated heterocycles. The quantitative estimate of drug-likeness (QED) is 0.573. The molecule has 0 amide bonds. The maximum absolute atomic E-state index is 12.4. The molecule has 0 aliphatic carbocycles. The standard InChI is InChI=1S/C14H17N3O6S/c1-3-7(2)11(13(19)20)17-24(22,23)8-4-5-10-9(6-8)12(18)16-14(21)15-10/h4-7,11,17H,3H2,1-2H3,(H,19,20)(H2,15,16,18,21)/t7-,11-/m0/s1. The number of hydrogen-bond acceptors (Lipinski definition) is 5. The van der Waals surface area contributed by atoms with E-state index in [4.69, 9.17) is 0 Å². The Bertz CT molecular complexity index is 991. The monoisotopic (exact) mass is 355 g/mol. The molecule has 24 heavy (non-hydrogen) atoms. The van der Waals surface area contributed by atoms with E-state index in [0.717, 1.165) is 6.07 Å². The van der Waals surface area contributed by atoms with Crippen molar-refractivity contribution in [2.24, 2.45) is 5.92 Å². The third-order valence-corrected chi connectivity index (χ3v) is 5.22. The van der Waals surface area contributed by atoms with E-state index < -0.39 is 39.2 Å². The number of aromatic amines is 2. The predicted molar refractivity (Wildman–Crippen MR) is 86.4 cm³/mol. The van der Waals surface area contributed by atoms with Crippen molar-refractivity contribution in [3.8, 4) is 0 Å². The van der Waals surface area contributed by atoms with E-state index in [1.807, 2.05) is 4.98 Å². The Hall–Kier alpha value is -2.46. The maximum Gasteiger partial charge on any atom is 0.326 e. The summed E-state index contributed by atoms with van der Waals surface area (Å²) >= 11 is 0. The van der Waals surface area contributed by atoms with Crippen LogP contribution < -0.4 is 16.0 Å². The molecule has 2 atom stereocenters. The van der Waals surface area contributed by atoms with Crippen molar-refractivity contribution in [3.05, 3.63) is 39.0 Å². The maximum atomic E-state index is 12.4. The Kier molecular flexibility index (Phi) is 4.90. The number of nitrogens with one attached hydrogen (secondary N) is 3. The van der Waals surface area contributed by atoms with Crippen LogP contribution >= 0.6 is 0 Å². The molecule has 0 unspecified atom stereocenters. The Morgan fingerprint density at radius 2 is 1.96 bits per heavy atom. The normalized spacial score (nSPS) is 14.4. The zero-order chi connectivity index (χ0) is 18.1. The molecule has 1 aromatic heterocycles. The van der Waals surface area contributed by atoms with Gasteiger partial charge in [-0.15, -0.1) is 0 Å². The minimum atomic E-state index is -4.15. The molecule has 0 fully saturated rings. The molecule has 0 spiro atoms. The number of rotatable bonds is 6. The second kappa shape index (κ2) is 6.57. The van der Waals surface area contributed by atoms with Gasteiger partial charge in [0.05, 0.1) is 15.8 Å². The van der Waals surface area contributed by atoms with Crippen molar-refractivity contribution < 1.29 is 18.3 Å². The summed E-state index contributed by atoms with van der Waals surface area (Å²) in [5.41, 5.74) is -1.26. The molecular weight excluding hydrogens is 338 g/mol. The lowest BCUT2D eigenvalue weighted by Crippen LogP contribution is -2.44. The Labute approximate surface area is 136 Å². The third kappa shape index (κ3) is 3.54. The van der Waals surface area contributed by atoms with Gasteiger partial charge in [0.25, 0.3) is 5.56 Å². The average Bonchev–Trinajstić information content (AvgIpc) is 2.51. The van der Waals surface area contributed by atoms with Crippen molar-refractivity contribution >= 4 is 26.9 Å². The summed E-state index contributed by atoms with van der Waals surface area (Å²) in [7, 11) is -4.15. The van der Waals surface area contributed by atoms with Crippen LogP contribution in [-0.2, 0) is 14.8 Å². The molecule has 130 valence electrons. The van der Waals surface area contributed by atoms with E-state index in [1.54, 1.807) is 13.8 Å². The number of H-pyrrole nitrogens is 2. The van der Waals surface area contributed by atoms with Crippen LogP contribution in [0.1, 0.15) is 20.3 Å². The van der Waals surface area contributed by atoms with Crippen LogP contribution in [0.15, 0.2) is 32.7 Å². The molecule has 0 saturated carbocycles. The van der Waals surface area contributed by atoms with Crippen LogP contribution in [0.25, 0.3) is 10.9 Å². The van der Waals surface area contributed by atoms with E-state index in [2.05, 4.69) is 9.71 Å². The van der Waals surface area contributed by atoms with Gasteiger partial charge >= 0.3 is 11.7 Å². The second-order valence-electron chi connectivity index (χ2n) is 5.44. The fourth-order valence-electron chi connectivity index (χ4n) is 2.19. The zero-order valence-electron chi connectivity index (χ0n) is 13.0. The molecular formula is C14H17N3O6S. The van der Waals surface area contributed by atoms with Gasteiger partial charge in [-0.1, -0.05) is 20.3 Å². The number of carbonyl (C=O) groups is 1. The number of carboxylic acids is 1. The molecule has 0 aliphatic rings. The van der Waals surface area contributed by atoms with Crippen molar-refractivity contribution in [2.75, 3.05) is 0 Å². The lowest BCUT2D eigenvalue weighted by Gasteiger charge is -2.20. The average molecular weight is 355 g/mol. The molecule has 9 nitrogen and oxygen atoms in total. The molecule has 1 heterocycles. The van der Waals surface area contributed by atoms with Gasteiger partial charge in [-0.05, 0) is 24.1 Å². The number of benzene rings is 1. The van der Waals surface area contributed by atoms with Crippen molar-refractivity contribution in [1.82, 2.24) is 14.7 Å². The first-order chi connectivity index (χ1) is 11.2. The highest BCUT2D eigenvalue weighted by Gasteiger charge is 2.29. The molecule has 10 heteroatoms. The van der Waals surface area contributed by atoms with Crippen molar-refractivity contribution in [2.45, 2.75) is 31.2 Å². The topological polar surface area (TPSA) is 149 Å². The highest BCUT2D eigenvalue weighted by atomic mass is 32.2. The molecule has 0 aliphatic heterocycles. The van der Waals surface area contributed by atoms with E-state index in [1.165, 1.54) is 12.1 Å². The van der Waals surface area contributed by atoms with E-state index in [9.17, 15) is 27.9 Å². The first-order valence-corrected chi connectivity index (χ1v) is 8.65. The van der Waals surface area contributed by atoms with Gasteiger partial charge in [-0.2, -0.15) is 4.72 Å². The fourth-order valence-corrected chi connectivity index (χ4v) is 3.52. The molecule has 0 bridgehead atoms. The van der Waals surface area contributed by atoms with Crippen LogP contribution in [-0.4, -0.2) is 35.5 Å². The molecule has 2 rings (SSSR count). The minimum absolute atomic E-state index is 0.0205. The van der Waals surface area contributed by atoms with Gasteiger partial charge in [0.2, 0.25) is 10.0 Å². The Morgan fingerprint density at radius 3 is 2.54 bits per heavy atom.